The molecule has 31 heavy (non-hydrogen) atoms. The molecule has 0 unspecified atom stereocenters. The maximum Gasteiger partial charge on any atom is 0.289 e. The molecule has 0 atom stereocenters. The van der Waals surface area contributed by atoms with Gasteiger partial charge in [-0.1, -0.05) is 12.8 Å². The third-order valence-electron chi connectivity index (χ3n) is 4.95. The van der Waals surface area contributed by atoms with Crippen LogP contribution in [0.25, 0.3) is 0 Å². The van der Waals surface area contributed by atoms with Crippen molar-refractivity contribution in [1.29, 1.82) is 0 Å². The Kier molecular flexibility index (Phi) is 6.61. The number of amides is 1. The highest BCUT2D eigenvalue weighted by molar-refractivity contribution is 7.89. The van der Waals surface area contributed by atoms with Crippen molar-refractivity contribution in [1.82, 2.24) is 4.31 Å². The van der Waals surface area contributed by atoms with Crippen molar-refractivity contribution < 1.29 is 23.1 Å². The molecule has 164 valence electrons. The first-order chi connectivity index (χ1) is 14.7. The Morgan fingerprint density at radius 2 is 1.52 bits per heavy atom. The Labute approximate surface area is 178 Å². The number of nitrogens with one attached hydrogen (secondary N) is 1. The molecule has 1 aliphatic heterocycles. The zero-order valence-corrected chi connectivity index (χ0v) is 17.2. The Hall–Kier alpha value is -3.38. The van der Waals surface area contributed by atoms with Gasteiger partial charge < -0.3 is 5.32 Å². The number of sulfonamides is 1. The van der Waals surface area contributed by atoms with Crippen LogP contribution in [-0.4, -0.2) is 41.6 Å². The lowest BCUT2D eigenvalue weighted by atomic mass is 10.1. The minimum absolute atomic E-state index is 0.0914. The minimum atomic E-state index is -3.65. The van der Waals surface area contributed by atoms with E-state index in [9.17, 15) is 33.4 Å². The van der Waals surface area contributed by atoms with Gasteiger partial charge in [-0.15, -0.1) is 0 Å². The van der Waals surface area contributed by atoms with E-state index in [1.165, 1.54) is 28.6 Å². The van der Waals surface area contributed by atoms with E-state index in [0.29, 0.717) is 19.2 Å². The molecule has 0 aliphatic carbocycles. The number of anilines is 1. The lowest BCUT2D eigenvalue weighted by Gasteiger charge is -2.20. The maximum atomic E-state index is 12.8. The molecule has 0 spiro atoms. The van der Waals surface area contributed by atoms with Crippen molar-refractivity contribution in [3.63, 3.8) is 0 Å². The fraction of sp³-hybridized carbons (Fsp3) is 0.316. The van der Waals surface area contributed by atoms with Gasteiger partial charge in [-0.2, -0.15) is 4.31 Å². The standard InChI is InChI=1S/C19H20N4O7S/c24-19(17-10-7-15(22(25)26)13-18(17)23(27)28)20-14-5-8-16(9-6-14)31(29,30)21-11-3-1-2-4-12-21/h5-10,13H,1-4,11-12H2,(H,20,24). The van der Waals surface area contributed by atoms with E-state index in [1.54, 1.807) is 0 Å². The Morgan fingerprint density at radius 1 is 0.903 bits per heavy atom. The van der Waals surface area contributed by atoms with Crippen molar-refractivity contribution in [3.05, 3.63) is 68.3 Å². The van der Waals surface area contributed by atoms with Crippen LogP contribution in [0, 0.1) is 20.2 Å². The first-order valence-corrected chi connectivity index (χ1v) is 11.0. The molecule has 0 radical (unpaired) electrons. The summed E-state index contributed by atoms with van der Waals surface area (Å²) in [4.78, 5) is 32.9. The van der Waals surface area contributed by atoms with E-state index >= 15 is 0 Å². The van der Waals surface area contributed by atoms with Crippen molar-refractivity contribution in [2.75, 3.05) is 18.4 Å². The molecule has 0 saturated carbocycles. The zero-order valence-electron chi connectivity index (χ0n) is 16.4. The molecule has 1 fully saturated rings. The van der Waals surface area contributed by atoms with Crippen LogP contribution in [0.15, 0.2) is 47.4 Å². The number of nitrogens with zero attached hydrogens (tertiary/aromatic N) is 3. The summed E-state index contributed by atoms with van der Waals surface area (Å²) in [6.45, 7) is 0.926. The van der Waals surface area contributed by atoms with Crippen LogP contribution < -0.4 is 5.32 Å². The van der Waals surface area contributed by atoms with Gasteiger partial charge >= 0.3 is 0 Å². The van der Waals surface area contributed by atoms with Gasteiger partial charge in [-0.05, 0) is 43.2 Å². The lowest BCUT2D eigenvalue weighted by Crippen LogP contribution is -2.31. The van der Waals surface area contributed by atoms with Gasteiger partial charge in [-0.3, -0.25) is 25.0 Å². The van der Waals surface area contributed by atoms with Crippen LogP contribution in [-0.2, 0) is 10.0 Å². The number of hydrogen-bond acceptors (Lipinski definition) is 7. The van der Waals surface area contributed by atoms with Gasteiger partial charge in [0.1, 0.15) is 5.56 Å². The molecule has 1 heterocycles. The molecule has 11 nitrogen and oxygen atoms in total. The fourth-order valence-corrected chi connectivity index (χ4v) is 4.83. The fourth-order valence-electron chi connectivity index (χ4n) is 3.32. The monoisotopic (exact) mass is 448 g/mol. The van der Waals surface area contributed by atoms with Gasteiger partial charge in [0.05, 0.1) is 20.8 Å². The number of rotatable bonds is 6. The highest BCUT2D eigenvalue weighted by atomic mass is 32.2. The topological polar surface area (TPSA) is 153 Å². The van der Waals surface area contributed by atoms with Gasteiger partial charge in [0, 0.05) is 24.8 Å². The van der Waals surface area contributed by atoms with Gasteiger partial charge in [-0.25, -0.2) is 8.42 Å². The second kappa shape index (κ2) is 9.18. The third kappa shape index (κ3) is 5.03. The predicted molar refractivity (Wildman–Crippen MR) is 111 cm³/mol. The molecule has 1 saturated heterocycles. The number of non-ortho nitro benzene ring substituents is 1. The van der Waals surface area contributed by atoms with Crippen molar-refractivity contribution in [2.45, 2.75) is 30.6 Å². The molecular formula is C19H20N4O7S. The molecular weight excluding hydrogens is 428 g/mol. The summed E-state index contributed by atoms with van der Waals surface area (Å²) in [7, 11) is -3.65. The van der Waals surface area contributed by atoms with E-state index in [0.717, 1.165) is 37.8 Å². The number of carbonyl (C=O) groups is 1. The van der Waals surface area contributed by atoms with Crippen LogP contribution in [0.5, 0.6) is 0 Å². The van der Waals surface area contributed by atoms with Gasteiger partial charge in [0.2, 0.25) is 10.0 Å². The van der Waals surface area contributed by atoms with Crippen molar-refractivity contribution in [3.8, 4) is 0 Å². The number of carbonyl (C=O) groups excluding carboxylic acids is 1. The number of nitro groups is 2. The van der Waals surface area contributed by atoms with Crippen LogP contribution in [0.3, 0.4) is 0 Å². The smallest absolute Gasteiger partial charge is 0.289 e. The first kappa shape index (κ1) is 22.3. The van der Waals surface area contributed by atoms with E-state index < -0.39 is 37.2 Å². The number of hydrogen-bond donors (Lipinski definition) is 1. The summed E-state index contributed by atoms with van der Waals surface area (Å²) in [5.41, 5.74) is -1.33. The summed E-state index contributed by atoms with van der Waals surface area (Å²) in [6, 6.07) is 8.22. The largest absolute Gasteiger partial charge is 0.322 e. The van der Waals surface area contributed by atoms with E-state index in [1.807, 2.05) is 0 Å². The quantitative estimate of drug-likeness (QED) is 0.525. The predicted octanol–water partition coefficient (Wildman–Crippen LogP) is 3.32. The molecule has 12 heteroatoms. The van der Waals surface area contributed by atoms with E-state index in [2.05, 4.69) is 5.32 Å². The minimum Gasteiger partial charge on any atom is -0.322 e. The molecule has 1 N–H and O–H groups in total. The summed E-state index contributed by atoms with van der Waals surface area (Å²) in [6.07, 6.45) is 3.60. The summed E-state index contributed by atoms with van der Waals surface area (Å²) in [5, 5.41) is 24.5. The highest BCUT2D eigenvalue weighted by Crippen LogP contribution is 2.26. The first-order valence-electron chi connectivity index (χ1n) is 9.54. The molecule has 1 amide bonds. The van der Waals surface area contributed by atoms with Crippen molar-refractivity contribution in [2.24, 2.45) is 0 Å². The third-order valence-corrected chi connectivity index (χ3v) is 6.86. The number of nitro benzene ring substituents is 2. The Morgan fingerprint density at radius 3 is 2.06 bits per heavy atom. The zero-order chi connectivity index (χ0) is 22.6. The van der Waals surface area contributed by atoms with Crippen LogP contribution in [0.1, 0.15) is 36.0 Å². The molecule has 0 bridgehead atoms. The second-order valence-corrected chi connectivity index (χ2v) is 8.95. The van der Waals surface area contributed by atoms with Crippen LogP contribution in [0.4, 0.5) is 17.1 Å². The average molecular weight is 448 g/mol. The summed E-state index contributed by atoms with van der Waals surface area (Å²) >= 11 is 0. The SMILES string of the molecule is O=C(Nc1ccc(S(=O)(=O)N2CCCCCC2)cc1)c1ccc([N+](=O)[O-])cc1[N+](=O)[O-]. The summed E-state index contributed by atoms with van der Waals surface area (Å²) in [5.74, 6) is -0.843. The average Bonchev–Trinajstić information content (AvgIpc) is 3.03. The number of benzene rings is 2. The van der Waals surface area contributed by atoms with E-state index in [-0.39, 0.29) is 16.1 Å². The lowest BCUT2D eigenvalue weighted by molar-refractivity contribution is -0.394. The van der Waals surface area contributed by atoms with Crippen molar-refractivity contribution >= 4 is 33.0 Å². The summed E-state index contributed by atoms with van der Waals surface area (Å²) < 4.78 is 27.1. The molecule has 1 aliphatic rings. The second-order valence-electron chi connectivity index (χ2n) is 7.01. The van der Waals surface area contributed by atoms with Crippen LogP contribution in [0.2, 0.25) is 0 Å². The molecule has 0 aromatic heterocycles. The highest BCUT2D eigenvalue weighted by Gasteiger charge is 2.26. The van der Waals surface area contributed by atoms with E-state index in [4.69, 9.17) is 0 Å². The Bertz CT molecular complexity index is 1110. The Balaban J connectivity index is 1.79. The van der Waals surface area contributed by atoms with Gasteiger partial charge in [0.25, 0.3) is 17.3 Å². The molecule has 2 aromatic carbocycles. The normalized spacial score (nSPS) is 15.1. The maximum absolute atomic E-state index is 12.8. The molecule has 3 rings (SSSR count). The van der Waals surface area contributed by atoms with Gasteiger partial charge in [0.15, 0.2) is 0 Å². The molecule has 2 aromatic rings. The van der Waals surface area contributed by atoms with Crippen LogP contribution >= 0.6 is 0 Å².